The smallest absolute Gasteiger partial charge is 0.255 e. The number of nitrogens with zero attached hydrogens (tertiary/aromatic N) is 1. The van der Waals surface area contributed by atoms with Crippen molar-refractivity contribution >= 4 is 23.4 Å². The highest BCUT2D eigenvalue weighted by Gasteiger charge is 2.39. The van der Waals surface area contributed by atoms with Crippen molar-refractivity contribution < 1.29 is 14.4 Å². The van der Waals surface area contributed by atoms with Crippen LogP contribution in [0.15, 0.2) is 18.2 Å². The van der Waals surface area contributed by atoms with E-state index in [-0.39, 0.29) is 24.1 Å². The molecule has 3 amide bonds. The predicted octanol–water partition coefficient (Wildman–Crippen LogP) is 2.05. The van der Waals surface area contributed by atoms with Gasteiger partial charge in [0.2, 0.25) is 11.8 Å². The van der Waals surface area contributed by atoms with Crippen LogP contribution in [0.5, 0.6) is 0 Å². The summed E-state index contributed by atoms with van der Waals surface area (Å²) in [5, 5.41) is 5.72. The van der Waals surface area contributed by atoms with Gasteiger partial charge < -0.3 is 10.2 Å². The maximum atomic E-state index is 12.7. The molecule has 1 atom stereocenters. The molecule has 0 aliphatic carbocycles. The maximum Gasteiger partial charge on any atom is 0.255 e. The summed E-state index contributed by atoms with van der Waals surface area (Å²) in [7, 11) is 0. The van der Waals surface area contributed by atoms with Gasteiger partial charge >= 0.3 is 0 Å². The van der Waals surface area contributed by atoms with Gasteiger partial charge in [-0.15, -0.1) is 12.3 Å². The molecule has 2 aliphatic rings. The lowest BCUT2D eigenvalue weighted by molar-refractivity contribution is -0.136. The van der Waals surface area contributed by atoms with Crippen LogP contribution in [-0.2, 0) is 16.1 Å². The van der Waals surface area contributed by atoms with Gasteiger partial charge in [-0.2, -0.15) is 0 Å². The summed E-state index contributed by atoms with van der Waals surface area (Å²) >= 11 is 0. The highest BCUT2D eigenvalue weighted by Crippen LogP contribution is 2.32. The molecule has 1 aromatic carbocycles. The third-order valence-corrected chi connectivity index (χ3v) is 4.90. The molecular weight excluding hydrogens is 330 g/mol. The molecule has 2 heterocycles. The second-order valence-corrected chi connectivity index (χ2v) is 6.67. The zero-order valence-corrected chi connectivity index (χ0v) is 14.7. The van der Waals surface area contributed by atoms with E-state index in [1.165, 1.54) is 0 Å². The fourth-order valence-electron chi connectivity index (χ4n) is 3.50. The minimum absolute atomic E-state index is 0.146. The second-order valence-electron chi connectivity index (χ2n) is 6.67. The lowest BCUT2D eigenvalue weighted by atomic mass is 10.0. The van der Waals surface area contributed by atoms with Crippen LogP contribution in [0.3, 0.4) is 0 Å². The zero-order valence-electron chi connectivity index (χ0n) is 14.7. The number of benzene rings is 1. The average Bonchev–Trinajstić information content (AvgIpc) is 2.96. The molecule has 26 heavy (non-hydrogen) atoms. The Morgan fingerprint density at radius 3 is 2.85 bits per heavy atom. The summed E-state index contributed by atoms with van der Waals surface area (Å²) in [6.07, 6.45) is 9.79. The van der Waals surface area contributed by atoms with Crippen molar-refractivity contribution in [2.24, 2.45) is 0 Å². The molecule has 0 saturated carbocycles. The van der Waals surface area contributed by atoms with Gasteiger partial charge in [0.15, 0.2) is 0 Å². The van der Waals surface area contributed by atoms with E-state index in [2.05, 4.69) is 16.6 Å². The Kier molecular flexibility index (Phi) is 5.57. The number of piperidine rings is 1. The summed E-state index contributed by atoms with van der Waals surface area (Å²) < 4.78 is 0. The molecule has 0 spiro atoms. The van der Waals surface area contributed by atoms with Crippen LogP contribution in [0.2, 0.25) is 0 Å². The number of imide groups is 1. The van der Waals surface area contributed by atoms with Crippen molar-refractivity contribution in [3.8, 4) is 12.3 Å². The lowest BCUT2D eigenvalue weighted by Gasteiger charge is -2.29. The highest BCUT2D eigenvalue weighted by atomic mass is 16.2. The fourth-order valence-corrected chi connectivity index (χ4v) is 3.50. The van der Waals surface area contributed by atoms with Crippen molar-refractivity contribution in [3.63, 3.8) is 0 Å². The largest absolute Gasteiger partial charge is 0.385 e. The Hall–Kier alpha value is -2.81. The molecule has 2 N–H and O–H groups in total. The monoisotopic (exact) mass is 353 g/mol. The number of fused-ring (bicyclic) bond motifs is 1. The number of anilines is 1. The number of carbonyl (C=O) groups excluding carboxylic acids is 3. The molecule has 0 aromatic heterocycles. The van der Waals surface area contributed by atoms with Gasteiger partial charge in [0.1, 0.15) is 6.04 Å². The number of terminal acetylenes is 1. The van der Waals surface area contributed by atoms with Crippen molar-refractivity contribution in [2.75, 3.05) is 11.9 Å². The SMILES string of the molecule is C#CCCCCCNc1cccc2c1CN(C1CCC(=O)NC1=O)C2=O. The van der Waals surface area contributed by atoms with E-state index in [1.807, 2.05) is 12.1 Å². The number of carbonyl (C=O) groups is 3. The van der Waals surface area contributed by atoms with Gasteiger partial charge in [-0.1, -0.05) is 12.5 Å². The quantitative estimate of drug-likeness (QED) is 0.447. The topological polar surface area (TPSA) is 78.5 Å². The third-order valence-electron chi connectivity index (χ3n) is 4.90. The van der Waals surface area contributed by atoms with Crippen LogP contribution in [0.1, 0.15) is 54.4 Å². The molecule has 6 nitrogen and oxygen atoms in total. The van der Waals surface area contributed by atoms with E-state index < -0.39 is 6.04 Å². The molecule has 6 heteroatoms. The number of unbranched alkanes of at least 4 members (excludes halogenated alkanes) is 3. The fraction of sp³-hybridized carbons (Fsp3) is 0.450. The number of hydrogen-bond donors (Lipinski definition) is 2. The van der Waals surface area contributed by atoms with Crippen molar-refractivity contribution in [1.82, 2.24) is 10.2 Å². The number of nitrogens with one attached hydrogen (secondary N) is 2. The summed E-state index contributed by atoms with van der Waals surface area (Å²) in [4.78, 5) is 37.8. The minimum atomic E-state index is -0.579. The Morgan fingerprint density at radius 1 is 1.23 bits per heavy atom. The first kappa shape index (κ1) is 18.0. The third kappa shape index (κ3) is 3.72. The van der Waals surface area contributed by atoms with Gasteiger partial charge in [-0.05, 0) is 31.4 Å². The van der Waals surface area contributed by atoms with Crippen LogP contribution in [0.4, 0.5) is 5.69 Å². The van der Waals surface area contributed by atoms with E-state index in [0.717, 1.165) is 43.5 Å². The number of hydrogen-bond acceptors (Lipinski definition) is 4. The van der Waals surface area contributed by atoms with Crippen molar-refractivity contribution in [1.29, 1.82) is 0 Å². The first-order valence-corrected chi connectivity index (χ1v) is 9.05. The van der Waals surface area contributed by atoms with Gasteiger partial charge in [0.25, 0.3) is 5.91 Å². The van der Waals surface area contributed by atoms with Gasteiger partial charge in [0.05, 0.1) is 0 Å². The van der Waals surface area contributed by atoms with Crippen LogP contribution in [0, 0.1) is 12.3 Å². The molecule has 1 saturated heterocycles. The van der Waals surface area contributed by atoms with Crippen molar-refractivity contribution in [2.45, 2.75) is 51.1 Å². The molecule has 2 aliphatic heterocycles. The van der Waals surface area contributed by atoms with Crippen LogP contribution in [0.25, 0.3) is 0 Å². The van der Waals surface area contributed by atoms with Gasteiger partial charge in [-0.25, -0.2) is 0 Å². The molecule has 0 radical (unpaired) electrons. The van der Waals surface area contributed by atoms with Crippen molar-refractivity contribution in [3.05, 3.63) is 29.3 Å². The van der Waals surface area contributed by atoms with E-state index >= 15 is 0 Å². The Bertz CT molecular complexity index is 766. The van der Waals surface area contributed by atoms with E-state index in [0.29, 0.717) is 18.5 Å². The zero-order chi connectivity index (χ0) is 18.5. The molecular formula is C20H23N3O3. The lowest BCUT2D eigenvalue weighted by Crippen LogP contribution is -2.52. The van der Waals surface area contributed by atoms with Crippen LogP contribution < -0.4 is 10.6 Å². The summed E-state index contributed by atoms with van der Waals surface area (Å²) in [5.41, 5.74) is 2.49. The summed E-state index contributed by atoms with van der Waals surface area (Å²) in [5.74, 6) is 1.83. The van der Waals surface area contributed by atoms with Crippen LogP contribution >= 0.6 is 0 Å². The average molecular weight is 353 g/mol. The van der Waals surface area contributed by atoms with E-state index in [4.69, 9.17) is 6.42 Å². The molecule has 0 bridgehead atoms. The normalized spacial score (nSPS) is 19.1. The first-order valence-electron chi connectivity index (χ1n) is 9.05. The molecule has 1 unspecified atom stereocenters. The van der Waals surface area contributed by atoms with Gasteiger partial charge in [0, 0.05) is 42.7 Å². The van der Waals surface area contributed by atoms with Gasteiger partial charge in [-0.3, -0.25) is 19.7 Å². The summed E-state index contributed by atoms with van der Waals surface area (Å²) in [6.45, 7) is 1.20. The Morgan fingerprint density at radius 2 is 2.08 bits per heavy atom. The maximum absolute atomic E-state index is 12.7. The first-order chi connectivity index (χ1) is 12.6. The highest BCUT2D eigenvalue weighted by molar-refractivity contribution is 6.06. The van der Waals surface area contributed by atoms with E-state index in [1.54, 1.807) is 11.0 Å². The number of amides is 3. The molecule has 136 valence electrons. The molecule has 1 aromatic rings. The van der Waals surface area contributed by atoms with Crippen LogP contribution in [-0.4, -0.2) is 35.2 Å². The molecule has 1 fully saturated rings. The Labute approximate surface area is 153 Å². The summed E-state index contributed by atoms with van der Waals surface area (Å²) in [6, 6.07) is 5.03. The predicted molar refractivity (Wildman–Crippen MR) is 98.3 cm³/mol. The standard InChI is InChI=1S/C20H23N3O3/c1-2-3-4-5-6-12-21-16-9-7-8-14-15(16)13-23(20(14)26)17-10-11-18(24)22-19(17)25/h1,7-9,17,21H,3-6,10-13H2,(H,22,24,25). The number of rotatable bonds is 7. The molecule has 3 rings (SSSR count). The minimum Gasteiger partial charge on any atom is -0.385 e. The second kappa shape index (κ2) is 8.05. The van der Waals surface area contributed by atoms with E-state index in [9.17, 15) is 14.4 Å². The Balaban J connectivity index is 1.65.